The van der Waals surface area contributed by atoms with Gasteiger partial charge < -0.3 is 14.6 Å². The molecule has 1 fully saturated rings. The summed E-state index contributed by atoms with van der Waals surface area (Å²) in [7, 11) is 1.60. The van der Waals surface area contributed by atoms with Crippen LogP contribution in [0, 0.1) is 5.82 Å². The monoisotopic (exact) mass is 448 g/mol. The number of carbonyl (C=O) groups is 1. The maximum absolute atomic E-state index is 14.0. The van der Waals surface area contributed by atoms with E-state index in [0.717, 1.165) is 37.0 Å². The third kappa shape index (κ3) is 4.08. The third-order valence-corrected chi connectivity index (χ3v) is 6.32. The molecule has 0 bridgehead atoms. The number of ether oxygens (including phenoxy) is 1. The van der Waals surface area contributed by atoms with Crippen LogP contribution in [-0.2, 0) is 17.9 Å². The summed E-state index contributed by atoms with van der Waals surface area (Å²) >= 11 is 0. The molecule has 2 heterocycles. The van der Waals surface area contributed by atoms with Gasteiger partial charge in [0.25, 0.3) is 5.56 Å². The highest BCUT2D eigenvalue weighted by molar-refractivity contribution is 6.06. The van der Waals surface area contributed by atoms with E-state index in [1.807, 2.05) is 24.3 Å². The molecule has 7 nitrogen and oxygen atoms in total. The Morgan fingerprint density at radius 1 is 1.18 bits per heavy atom. The molecular weight excluding hydrogens is 423 g/mol. The second-order valence-electron chi connectivity index (χ2n) is 8.52. The minimum Gasteiger partial charge on any atom is -0.497 e. The van der Waals surface area contributed by atoms with Crippen LogP contribution >= 0.6 is 0 Å². The van der Waals surface area contributed by atoms with Gasteiger partial charge in [-0.1, -0.05) is 25.0 Å². The first-order valence-electron chi connectivity index (χ1n) is 11.1. The number of nitrogens with zero attached hydrogens (tertiary/aromatic N) is 3. The van der Waals surface area contributed by atoms with Gasteiger partial charge in [0.1, 0.15) is 29.1 Å². The van der Waals surface area contributed by atoms with Crippen molar-refractivity contribution in [2.45, 2.75) is 44.8 Å². The molecule has 1 amide bonds. The zero-order chi connectivity index (χ0) is 22.9. The molecule has 1 aliphatic carbocycles. The van der Waals surface area contributed by atoms with Gasteiger partial charge in [-0.15, -0.1) is 0 Å². The summed E-state index contributed by atoms with van der Waals surface area (Å²) in [5.74, 6) is 0.159. The van der Waals surface area contributed by atoms with E-state index < -0.39 is 5.82 Å². The summed E-state index contributed by atoms with van der Waals surface area (Å²) in [6, 6.07) is 11.9. The molecule has 2 aromatic carbocycles. The Hall–Kier alpha value is -3.68. The van der Waals surface area contributed by atoms with Crippen LogP contribution in [0.2, 0.25) is 0 Å². The number of amides is 1. The van der Waals surface area contributed by atoms with Crippen LogP contribution in [0.1, 0.15) is 31.2 Å². The highest BCUT2D eigenvalue weighted by Crippen LogP contribution is 2.26. The number of rotatable bonds is 6. The lowest BCUT2D eigenvalue weighted by Gasteiger charge is -2.13. The number of nitrogens with one attached hydrogen (secondary N) is 1. The van der Waals surface area contributed by atoms with Crippen LogP contribution < -0.4 is 15.6 Å². The normalized spacial score (nSPS) is 14.2. The summed E-state index contributed by atoms with van der Waals surface area (Å²) in [6.07, 6.45) is 5.64. The summed E-state index contributed by atoms with van der Waals surface area (Å²) in [6.45, 7) is 0.293. The van der Waals surface area contributed by atoms with E-state index in [2.05, 4.69) is 10.3 Å². The molecule has 5 rings (SSSR count). The number of benzene rings is 2. The minimum atomic E-state index is -0.416. The molecule has 0 saturated heterocycles. The Bertz CT molecular complexity index is 1390. The van der Waals surface area contributed by atoms with E-state index in [1.54, 1.807) is 17.7 Å². The van der Waals surface area contributed by atoms with E-state index in [9.17, 15) is 14.0 Å². The Balaban J connectivity index is 1.57. The lowest BCUT2D eigenvalue weighted by Crippen LogP contribution is -2.35. The number of hydrogen-bond acceptors (Lipinski definition) is 4. The molecular formula is C25H25FN4O3. The predicted molar refractivity (Wildman–Crippen MR) is 124 cm³/mol. The lowest BCUT2D eigenvalue weighted by atomic mass is 10.2. The Labute approximate surface area is 189 Å². The molecule has 0 radical (unpaired) electrons. The van der Waals surface area contributed by atoms with Crippen molar-refractivity contribution in [1.29, 1.82) is 0 Å². The van der Waals surface area contributed by atoms with Crippen LogP contribution in [0.15, 0.2) is 53.6 Å². The van der Waals surface area contributed by atoms with Gasteiger partial charge in [0, 0.05) is 11.4 Å². The Morgan fingerprint density at radius 2 is 1.94 bits per heavy atom. The fourth-order valence-corrected chi connectivity index (χ4v) is 4.66. The van der Waals surface area contributed by atoms with Gasteiger partial charge in [0.15, 0.2) is 0 Å². The van der Waals surface area contributed by atoms with Crippen LogP contribution in [0.25, 0.3) is 21.9 Å². The first kappa shape index (κ1) is 21.2. The molecule has 170 valence electrons. The van der Waals surface area contributed by atoms with Crippen LogP contribution in [-0.4, -0.2) is 33.2 Å². The number of fused-ring (bicyclic) bond motifs is 3. The van der Waals surface area contributed by atoms with E-state index >= 15 is 0 Å². The van der Waals surface area contributed by atoms with Crippen molar-refractivity contribution in [2.75, 3.05) is 7.11 Å². The molecule has 4 aromatic rings. The molecule has 1 N–H and O–H groups in total. The molecule has 1 saturated carbocycles. The smallest absolute Gasteiger partial charge is 0.278 e. The van der Waals surface area contributed by atoms with Gasteiger partial charge >= 0.3 is 0 Å². The van der Waals surface area contributed by atoms with Crippen molar-refractivity contribution in [1.82, 2.24) is 19.4 Å². The van der Waals surface area contributed by atoms with Gasteiger partial charge in [0.2, 0.25) is 5.91 Å². The van der Waals surface area contributed by atoms with Crippen LogP contribution in [0.5, 0.6) is 5.75 Å². The summed E-state index contributed by atoms with van der Waals surface area (Å²) in [4.78, 5) is 30.8. The largest absolute Gasteiger partial charge is 0.497 e. The van der Waals surface area contributed by atoms with Gasteiger partial charge in [0.05, 0.1) is 25.5 Å². The maximum atomic E-state index is 14.0. The third-order valence-electron chi connectivity index (χ3n) is 6.32. The number of halogens is 1. The minimum absolute atomic E-state index is 0.0222. The summed E-state index contributed by atoms with van der Waals surface area (Å²) in [5.41, 5.74) is 1.94. The predicted octanol–water partition coefficient (Wildman–Crippen LogP) is 3.61. The quantitative estimate of drug-likeness (QED) is 0.489. The van der Waals surface area contributed by atoms with E-state index in [0.29, 0.717) is 28.5 Å². The summed E-state index contributed by atoms with van der Waals surface area (Å²) < 4.78 is 22.4. The average molecular weight is 448 g/mol. The second kappa shape index (κ2) is 8.69. The average Bonchev–Trinajstić information content (AvgIpc) is 3.42. The zero-order valence-corrected chi connectivity index (χ0v) is 18.4. The Morgan fingerprint density at radius 3 is 2.67 bits per heavy atom. The van der Waals surface area contributed by atoms with Gasteiger partial charge in [-0.2, -0.15) is 0 Å². The molecule has 0 unspecified atom stereocenters. The fourth-order valence-electron chi connectivity index (χ4n) is 4.66. The standard InChI is InChI=1S/C25H25FN4O3/c1-33-19-9-6-16(7-10-19)13-29-15-27-23-20-12-17(26)8-11-21(20)30(24(23)25(29)32)14-22(31)28-18-4-2-3-5-18/h6-12,15,18H,2-5,13-14H2,1H3,(H,28,31). The zero-order valence-electron chi connectivity index (χ0n) is 18.4. The molecule has 8 heteroatoms. The van der Waals surface area contributed by atoms with Crippen LogP contribution in [0.3, 0.4) is 0 Å². The van der Waals surface area contributed by atoms with Crippen molar-refractivity contribution in [3.8, 4) is 5.75 Å². The van der Waals surface area contributed by atoms with Crippen molar-refractivity contribution < 1.29 is 13.9 Å². The van der Waals surface area contributed by atoms with E-state index in [-0.39, 0.29) is 24.1 Å². The first-order chi connectivity index (χ1) is 16.0. The van der Waals surface area contributed by atoms with Crippen LogP contribution in [0.4, 0.5) is 4.39 Å². The lowest BCUT2D eigenvalue weighted by molar-refractivity contribution is -0.122. The SMILES string of the molecule is COc1ccc(Cn2cnc3c4cc(F)ccc4n(CC(=O)NC4CCCC4)c3c2=O)cc1. The molecule has 33 heavy (non-hydrogen) atoms. The second-order valence-corrected chi connectivity index (χ2v) is 8.52. The van der Waals surface area contributed by atoms with Crippen molar-refractivity contribution >= 4 is 27.8 Å². The van der Waals surface area contributed by atoms with E-state index in [1.165, 1.54) is 23.0 Å². The van der Waals surface area contributed by atoms with Crippen molar-refractivity contribution in [3.05, 3.63) is 70.5 Å². The maximum Gasteiger partial charge on any atom is 0.278 e. The summed E-state index contributed by atoms with van der Waals surface area (Å²) in [5, 5.41) is 3.59. The molecule has 2 aromatic heterocycles. The molecule has 1 aliphatic rings. The number of hydrogen-bond donors (Lipinski definition) is 1. The van der Waals surface area contributed by atoms with Crippen molar-refractivity contribution in [3.63, 3.8) is 0 Å². The highest BCUT2D eigenvalue weighted by Gasteiger charge is 2.21. The Kier molecular flexibility index (Phi) is 5.58. The van der Waals surface area contributed by atoms with Gasteiger partial charge in [-0.25, -0.2) is 9.37 Å². The fraction of sp³-hybridized carbons (Fsp3) is 0.320. The first-order valence-corrected chi connectivity index (χ1v) is 11.1. The topological polar surface area (TPSA) is 78.2 Å². The molecule has 0 spiro atoms. The van der Waals surface area contributed by atoms with Crippen molar-refractivity contribution in [2.24, 2.45) is 0 Å². The molecule has 0 aliphatic heterocycles. The highest BCUT2D eigenvalue weighted by atomic mass is 19.1. The van der Waals surface area contributed by atoms with Gasteiger partial charge in [-0.05, 0) is 48.7 Å². The number of aromatic nitrogens is 3. The number of methoxy groups -OCH3 is 1. The number of carbonyl (C=O) groups excluding carboxylic acids is 1. The van der Waals surface area contributed by atoms with E-state index in [4.69, 9.17) is 4.74 Å². The van der Waals surface area contributed by atoms with Gasteiger partial charge in [-0.3, -0.25) is 14.2 Å². The molecule has 0 atom stereocenters.